The summed E-state index contributed by atoms with van der Waals surface area (Å²) in [5.41, 5.74) is 0. The minimum Gasteiger partial charge on any atom is -0.462 e. The maximum Gasteiger partial charge on any atom is 0.472 e. The first-order valence-corrected chi connectivity index (χ1v) is 50.1. The van der Waals surface area contributed by atoms with Crippen molar-refractivity contribution < 1.29 is 80.2 Å². The van der Waals surface area contributed by atoms with Crippen LogP contribution in [-0.4, -0.2) is 96.7 Å². The van der Waals surface area contributed by atoms with Gasteiger partial charge in [0.1, 0.15) is 19.3 Å². The molecule has 0 aromatic rings. The predicted octanol–water partition coefficient (Wildman–Crippen LogP) is 28.3. The van der Waals surface area contributed by atoms with Gasteiger partial charge in [0.25, 0.3) is 0 Å². The van der Waals surface area contributed by atoms with E-state index in [4.69, 9.17) is 37.0 Å². The molecule has 5 atom stereocenters. The summed E-state index contributed by atoms with van der Waals surface area (Å²) in [6.07, 6.45) is 79.2. The highest BCUT2D eigenvalue weighted by atomic mass is 31.2. The third-order valence-electron chi connectivity index (χ3n) is 21.5. The van der Waals surface area contributed by atoms with E-state index in [1.165, 1.54) is 321 Å². The summed E-state index contributed by atoms with van der Waals surface area (Å²) in [5.74, 6) is -1.27. The first-order chi connectivity index (χ1) is 53.5. The molecule has 0 spiro atoms. The van der Waals surface area contributed by atoms with E-state index in [9.17, 15) is 43.2 Å². The van der Waals surface area contributed by atoms with Crippen molar-refractivity contribution in [2.24, 2.45) is 5.92 Å². The number of hydrogen-bond acceptors (Lipinski definition) is 15. The van der Waals surface area contributed by atoms with Crippen molar-refractivity contribution in [3.8, 4) is 0 Å². The summed E-state index contributed by atoms with van der Waals surface area (Å²) >= 11 is 0. The molecule has 0 aliphatic rings. The Labute approximate surface area is 677 Å². The summed E-state index contributed by atoms with van der Waals surface area (Å²) < 4.78 is 69.1. The second-order valence-electron chi connectivity index (χ2n) is 33.2. The smallest absolute Gasteiger partial charge is 0.462 e. The lowest BCUT2D eigenvalue weighted by Crippen LogP contribution is -2.30. The van der Waals surface area contributed by atoms with E-state index in [0.717, 1.165) is 95.8 Å². The number of carbonyl (C=O) groups excluding carboxylic acids is 4. The summed E-state index contributed by atoms with van der Waals surface area (Å²) in [5, 5.41) is 10.7. The zero-order chi connectivity index (χ0) is 80.4. The highest BCUT2D eigenvalue weighted by Gasteiger charge is 2.31. The molecule has 0 heterocycles. The van der Waals surface area contributed by atoms with E-state index in [1.807, 2.05) is 0 Å². The van der Waals surface area contributed by atoms with Gasteiger partial charge in [-0.25, -0.2) is 9.13 Å². The van der Waals surface area contributed by atoms with Crippen LogP contribution in [0.2, 0.25) is 0 Å². The lowest BCUT2D eigenvalue weighted by Gasteiger charge is -2.21. The number of aliphatic hydroxyl groups excluding tert-OH is 1. The average Bonchev–Trinajstić information content (AvgIpc) is 0.899. The Morgan fingerprint density at radius 2 is 0.418 bits per heavy atom. The monoisotopic (exact) mass is 1610 g/mol. The van der Waals surface area contributed by atoms with E-state index in [1.54, 1.807) is 0 Å². The van der Waals surface area contributed by atoms with Gasteiger partial charge in [-0.3, -0.25) is 37.3 Å². The van der Waals surface area contributed by atoms with Crippen molar-refractivity contribution in [2.75, 3.05) is 39.6 Å². The first kappa shape index (κ1) is 108. The van der Waals surface area contributed by atoms with Crippen LogP contribution in [0.15, 0.2) is 0 Å². The summed E-state index contributed by atoms with van der Waals surface area (Å²) in [4.78, 5) is 73.4. The molecular weight excluding hydrogens is 1430 g/mol. The van der Waals surface area contributed by atoms with Crippen LogP contribution >= 0.6 is 15.6 Å². The Morgan fingerprint density at radius 3 is 0.618 bits per heavy atom. The van der Waals surface area contributed by atoms with Crippen LogP contribution in [0.3, 0.4) is 0 Å². The number of rotatable bonds is 91. The van der Waals surface area contributed by atoms with Crippen molar-refractivity contribution in [1.82, 2.24) is 0 Å². The zero-order valence-corrected chi connectivity index (χ0v) is 74.2. The van der Waals surface area contributed by atoms with Gasteiger partial charge in [-0.2, -0.15) is 0 Å². The van der Waals surface area contributed by atoms with Gasteiger partial charge < -0.3 is 33.8 Å². The number of phosphoric acid groups is 2. The molecule has 3 N–H and O–H groups in total. The third kappa shape index (κ3) is 84.0. The fourth-order valence-corrected chi connectivity index (χ4v) is 15.9. The van der Waals surface area contributed by atoms with E-state index in [0.29, 0.717) is 25.7 Å². The van der Waals surface area contributed by atoms with Crippen LogP contribution in [0.4, 0.5) is 0 Å². The minimum atomic E-state index is -4.97. The standard InChI is InChI=1S/C91H178O17P2/c1-6-9-12-15-18-21-24-27-29-30-31-32-33-34-39-42-47-52-57-62-67-72-77-91(96)108-87(81-102-89(94)75-70-65-60-55-50-46-41-38-36-35-37-40-44-48-53-58-63-68-73-84(4)5)83-106-110(99,100)104-79-85(92)78-103-109(97,98)105-82-86(80-101-88(93)74-69-64-59-54-49-43-26-23-20-17-14-11-8-3)107-90(95)76-71-66-61-56-51-45-28-25-22-19-16-13-10-7-2/h84-87,92H,6-83H2,1-5H3,(H,97,98)(H,99,100)/t85-,86+,87+/m0/s1. The summed E-state index contributed by atoms with van der Waals surface area (Å²) in [6, 6.07) is 0. The quantitative estimate of drug-likeness (QED) is 0.0222. The topological polar surface area (TPSA) is 237 Å². The molecule has 654 valence electrons. The van der Waals surface area contributed by atoms with Crippen LogP contribution in [0.25, 0.3) is 0 Å². The normalized spacial score (nSPS) is 13.7. The Kier molecular flexibility index (Phi) is 82.1. The average molecular weight is 1610 g/mol. The molecule has 0 saturated carbocycles. The second-order valence-corrected chi connectivity index (χ2v) is 36.1. The Balaban J connectivity index is 5.23. The van der Waals surface area contributed by atoms with Gasteiger partial charge in [-0.15, -0.1) is 0 Å². The largest absolute Gasteiger partial charge is 0.472 e. The lowest BCUT2D eigenvalue weighted by atomic mass is 10.0. The van der Waals surface area contributed by atoms with Crippen molar-refractivity contribution >= 4 is 39.5 Å². The molecule has 0 amide bonds. The zero-order valence-electron chi connectivity index (χ0n) is 72.4. The number of carbonyl (C=O) groups is 4. The SMILES string of the molecule is CCCCCCCCCCCCCCCCCCCCCCCCC(=O)O[C@H](COC(=O)CCCCCCCCCCCCCCCCCCCCC(C)C)COP(=O)(O)OC[C@@H](O)COP(=O)(O)OC[C@@H](COC(=O)CCCCCCCCCCCCCCC)OC(=O)CCCCCCCCCCCCCCCC. The molecule has 0 aromatic heterocycles. The van der Waals surface area contributed by atoms with Gasteiger partial charge in [0, 0.05) is 25.7 Å². The molecule has 0 aliphatic heterocycles. The Bertz CT molecular complexity index is 2080. The molecule has 0 aromatic carbocycles. The number of esters is 4. The number of phosphoric ester groups is 2. The predicted molar refractivity (Wildman–Crippen MR) is 455 cm³/mol. The molecule has 17 nitrogen and oxygen atoms in total. The molecule has 19 heteroatoms. The van der Waals surface area contributed by atoms with Crippen LogP contribution < -0.4 is 0 Å². The summed E-state index contributed by atoms with van der Waals surface area (Å²) in [6.45, 7) is 7.43. The fraction of sp³-hybridized carbons (Fsp3) is 0.956. The molecule has 2 unspecified atom stereocenters. The molecular formula is C91H178O17P2. The van der Waals surface area contributed by atoms with Gasteiger partial charge in [-0.1, -0.05) is 446 Å². The molecule has 110 heavy (non-hydrogen) atoms. The first-order valence-electron chi connectivity index (χ1n) is 47.1. The molecule has 0 saturated heterocycles. The van der Waals surface area contributed by atoms with Crippen LogP contribution in [0.5, 0.6) is 0 Å². The highest BCUT2D eigenvalue weighted by molar-refractivity contribution is 7.47. The van der Waals surface area contributed by atoms with E-state index in [-0.39, 0.29) is 25.7 Å². The van der Waals surface area contributed by atoms with E-state index < -0.39 is 97.5 Å². The maximum atomic E-state index is 13.2. The number of hydrogen-bond donors (Lipinski definition) is 3. The third-order valence-corrected chi connectivity index (χ3v) is 23.4. The Morgan fingerprint density at radius 1 is 0.245 bits per heavy atom. The second kappa shape index (κ2) is 83.5. The van der Waals surface area contributed by atoms with Gasteiger partial charge in [0.15, 0.2) is 12.2 Å². The van der Waals surface area contributed by atoms with Gasteiger partial charge in [0.05, 0.1) is 26.4 Å². The number of unbranched alkanes of at least 4 members (excludes halogenated alkanes) is 63. The fourth-order valence-electron chi connectivity index (χ4n) is 14.4. The molecule has 0 rings (SSSR count). The van der Waals surface area contributed by atoms with Gasteiger partial charge in [-0.05, 0) is 31.6 Å². The summed E-state index contributed by atoms with van der Waals surface area (Å²) in [7, 11) is -9.93. The van der Waals surface area contributed by atoms with Crippen molar-refractivity contribution in [1.29, 1.82) is 0 Å². The Hall–Kier alpha value is -1.94. The van der Waals surface area contributed by atoms with Gasteiger partial charge in [0.2, 0.25) is 0 Å². The van der Waals surface area contributed by atoms with Crippen LogP contribution in [0, 0.1) is 5.92 Å². The van der Waals surface area contributed by atoms with Crippen molar-refractivity contribution in [2.45, 2.75) is 515 Å². The maximum absolute atomic E-state index is 13.2. The molecule has 0 fully saturated rings. The van der Waals surface area contributed by atoms with Crippen molar-refractivity contribution in [3.05, 3.63) is 0 Å². The van der Waals surface area contributed by atoms with Gasteiger partial charge >= 0.3 is 39.5 Å². The lowest BCUT2D eigenvalue weighted by molar-refractivity contribution is -0.161. The number of ether oxygens (including phenoxy) is 4. The highest BCUT2D eigenvalue weighted by Crippen LogP contribution is 2.45. The van der Waals surface area contributed by atoms with E-state index >= 15 is 0 Å². The number of aliphatic hydroxyl groups is 1. The molecule has 0 bridgehead atoms. The molecule has 0 radical (unpaired) electrons. The van der Waals surface area contributed by atoms with Crippen LogP contribution in [0.1, 0.15) is 497 Å². The van der Waals surface area contributed by atoms with Crippen LogP contribution in [-0.2, 0) is 65.4 Å². The van der Waals surface area contributed by atoms with E-state index in [2.05, 4.69) is 34.6 Å². The van der Waals surface area contributed by atoms with Crippen molar-refractivity contribution in [3.63, 3.8) is 0 Å². The molecule has 0 aliphatic carbocycles. The minimum absolute atomic E-state index is 0.109.